The summed E-state index contributed by atoms with van der Waals surface area (Å²) in [4.78, 5) is 0. The van der Waals surface area contributed by atoms with Gasteiger partial charge in [-0.2, -0.15) is 0 Å². The second-order valence-corrected chi connectivity index (χ2v) is 10.1. The van der Waals surface area contributed by atoms with Crippen molar-refractivity contribution in [1.29, 1.82) is 0 Å². The van der Waals surface area contributed by atoms with Crippen molar-refractivity contribution in [2.45, 2.75) is 21.3 Å². The maximum Gasteiger partial charge on any atom is 0.103 e. The van der Waals surface area contributed by atoms with Crippen molar-refractivity contribution in [2.24, 2.45) is 0 Å². The first-order chi connectivity index (χ1) is 6.95. The molecule has 15 heavy (non-hydrogen) atoms. The number of rotatable bonds is 4. The first kappa shape index (κ1) is 14.7. The first-order valence-corrected chi connectivity index (χ1v) is 8.75. The van der Waals surface area contributed by atoms with Gasteiger partial charge in [0.2, 0.25) is 0 Å². The number of hydrogen-bond acceptors (Lipinski definition) is 0. The van der Waals surface area contributed by atoms with Crippen LogP contribution in [0.2, 0.25) is 0 Å². The molecule has 1 heterocycles. The summed E-state index contributed by atoms with van der Waals surface area (Å²) in [6, 6.07) is 0. The summed E-state index contributed by atoms with van der Waals surface area (Å²) in [5.74, 6) is 0. The molecule has 1 aliphatic heterocycles. The number of likely N-dealkylation sites (N-methyl/N-ethyl adjacent to an activating group) is 1. The van der Waals surface area contributed by atoms with Crippen LogP contribution < -0.4 is 0 Å². The van der Waals surface area contributed by atoms with E-state index in [0.717, 1.165) is 13.1 Å². The number of halogens is 4. The Labute approximate surface area is 126 Å². The fourth-order valence-electron chi connectivity index (χ4n) is 2.07. The number of alkyl halides is 4. The molecule has 0 atom stereocenters. The molecular weight excluding hydrogens is 454 g/mol. The van der Waals surface area contributed by atoms with E-state index in [-0.39, 0.29) is 0 Å². The van der Waals surface area contributed by atoms with Crippen molar-refractivity contribution < 1.29 is 4.48 Å². The molecule has 0 N–H and O–H groups in total. The van der Waals surface area contributed by atoms with Gasteiger partial charge in [-0.1, -0.05) is 63.7 Å². The Morgan fingerprint density at radius 2 is 1.27 bits per heavy atom. The Morgan fingerprint density at radius 1 is 0.933 bits per heavy atom. The summed E-state index contributed by atoms with van der Waals surface area (Å²) in [5, 5.41) is 0. The van der Waals surface area contributed by atoms with E-state index in [4.69, 9.17) is 0 Å². The Kier molecular flexibility index (Phi) is 5.86. The third kappa shape index (κ3) is 3.30. The van der Waals surface area contributed by atoms with Crippen LogP contribution in [-0.4, -0.2) is 38.1 Å². The van der Waals surface area contributed by atoms with Gasteiger partial charge in [0.15, 0.2) is 0 Å². The van der Waals surface area contributed by atoms with Crippen molar-refractivity contribution >= 4 is 63.7 Å². The molecule has 0 aromatic heterocycles. The van der Waals surface area contributed by atoms with Crippen molar-refractivity contribution in [2.75, 3.05) is 26.2 Å². The highest BCUT2D eigenvalue weighted by molar-refractivity contribution is 9.25. The molecule has 0 bridgehead atoms. The molecule has 0 amide bonds. The molecule has 1 rings (SSSR count). The van der Waals surface area contributed by atoms with E-state index in [2.05, 4.69) is 77.6 Å². The van der Waals surface area contributed by atoms with Gasteiger partial charge in [0.25, 0.3) is 0 Å². The average molecular weight is 470 g/mol. The lowest BCUT2D eigenvalue weighted by Crippen LogP contribution is -2.46. The smallest absolute Gasteiger partial charge is 0.103 e. The highest BCUT2D eigenvalue weighted by atomic mass is 79.9. The summed E-state index contributed by atoms with van der Waals surface area (Å²) in [7, 11) is 0. The van der Waals surface area contributed by atoms with Crippen LogP contribution in [0.1, 0.15) is 13.8 Å². The van der Waals surface area contributed by atoms with E-state index < -0.39 is 0 Å². The van der Waals surface area contributed by atoms with Gasteiger partial charge in [0.05, 0.1) is 20.6 Å². The second kappa shape index (κ2) is 5.98. The quantitative estimate of drug-likeness (QED) is 0.325. The Bertz CT molecular complexity index is 234. The van der Waals surface area contributed by atoms with Crippen LogP contribution >= 0.6 is 63.7 Å². The summed E-state index contributed by atoms with van der Waals surface area (Å²) < 4.78 is 1.78. The Morgan fingerprint density at radius 3 is 1.47 bits per heavy atom. The molecule has 0 saturated heterocycles. The highest BCUT2D eigenvalue weighted by Crippen LogP contribution is 2.37. The predicted molar refractivity (Wildman–Crippen MR) is 81.4 cm³/mol. The molecule has 0 aromatic carbocycles. The normalized spacial score (nSPS) is 20.8. The molecule has 0 saturated carbocycles. The number of quaternary nitrogens is 1. The van der Waals surface area contributed by atoms with E-state index >= 15 is 0 Å². The third-order valence-corrected chi connectivity index (χ3v) is 5.50. The van der Waals surface area contributed by atoms with Gasteiger partial charge < -0.3 is 4.48 Å². The fourth-order valence-corrected chi connectivity index (χ4v) is 3.83. The minimum Gasteiger partial charge on any atom is -0.317 e. The van der Waals surface area contributed by atoms with Crippen LogP contribution in [0.4, 0.5) is 0 Å². The third-order valence-electron chi connectivity index (χ3n) is 3.29. The maximum atomic E-state index is 3.63. The van der Waals surface area contributed by atoms with Crippen LogP contribution in [0.3, 0.4) is 0 Å². The van der Waals surface area contributed by atoms with E-state index in [1.807, 2.05) is 0 Å². The molecule has 0 aromatic rings. The molecule has 1 nitrogen and oxygen atoms in total. The molecule has 0 fully saturated rings. The summed E-state index contributed by atoms with van der Waals surface area (Å²) in [5.41, 5.74) is 2.97. The van der Waals surface area contributed by atoms with Crippen LogP contribution in [0.15, 0.2) is 11.1 Å². The van der Waals surface area contributed by atoms with Crippen molar-refractivity contribution in [3.05, 3.63) is 11.1 Å². The summed E-state index contributed by atoms with van der Waals surface area (Å²) in [6.07, 6.45) is 0. The molecule has 0 aliphatic carbocycles. The second-order valence-electron chi connectivity index (χ2n) is 3.94. The minimum absolute atomic E-state index is 0.302. The molecule has 0 unspecified atom stereocenters. The highest BCUT2D eigenvalue weighted by Gasteiger charge is 2.38. The van der Waals surface area contributed by atoms with Crippen LogP contribution in [-0.2, 0) is 0 Å². The van der Waals surface area contributed by atoms with Crippen molar-refractivity contribution in [3.8, 4) is 0 Å². The first-order valence-electron chi connectivity index (χ1n) is 5.09. The molecule has 1 aliphatic rings. The van der Waals surface area contributed by atoms with E-state index in [9.17, 15) is 0 Å². The fraction of sp³-hybridized carbons (Fsp3) is 0.800. The van der Waals surface area contributed by atoms with Gasteiger partial charge in [-0.05, 0) is 13.8 Å². The zero-order chi connectivity index (χ0) is 11.6. The van der Waals surface area contributed by atoms with E-state index in [1.165, 1.54) is 28.7 Å². The van der Waals surface area contributed by atoms with Crippen molar-refractivity contribution in [1.82, 2.24) is 0 Å². The average Bonchev–Trinajstić information content (AvgIpc) is 2.58. The molecule has 5 heteroatoms. The van der Waals surface area contributed by atoms with Gasteiger partial charge in [-0.3, -0.25) is 0 Å². The van der Waals surface area contributed by atoms with Gasteiger partial charge in [-0.25, -0.2) is 0 Å². The zero-order valence-electron chi connectivity index (χ0n) is 8.94. The standard InChI is InChI=1S/C10H16Br4N/c1-3-15(4-2)5-7(9(11)12)8(6-15)10(13)14/h9-10H,3-6H2,1-2H3/q+1. The predicted octanol–water partition coefficient (Wildman–Crippen LogP) is 4.39. The van der Waals surface area contributed by atoms with Crippen molar-refractivity contribution in [3.63, 3.8) is 0 Å². The lowest BCUT2D eigenvalue weighted by Gasteiger charge is -2.33. The lowest BCUT2D eigenvalue weighted by atomic mass is 10.2. The molecule has 88 valence electrons. The van der Waals surface area contributed by atoms with Gasteiger partial charge >= 0.3 is 0 Å². The molecule has 0 spiro atoms. The zero-order valence-corrected chi connectivity index (χ0v) is 15.3. The summed E-state index contributed by atoms with van der Waals surface area (Å²) >= 11 is 14.5. The SMILES string of the molecule is CC[N+]1(CC)CC(C(Br)Br)=C(C(Br)Br)C1. The van der Waals surface area contributed by atoms with Crippen LogP contribution in [0.25, 0.3) is 0 Å². The lowest BCUT2D eigenvalue weighted by molar-refractivity contribution is -0.910. The van der Waals surface area contributed by atoms with Gasteiger partial charge in [0.1, 0.15) is 13.1 Å². The molecule has 0 radical (unpaired) electrons. The van der Waals surface area contributed by atoms with E-state index in [1.54, 1.807) is 0 Å². The summed E-state index contributed by atoms with van der Waals surface area (Å²) in [6.45, 7) is 9.25. The minimum atomic E-state index is 0.302. The van der Waals surface area contributed by atoms with Gasteiger partial charge in [-0.15, -0.1) is 0 Å². The monoisotopic (exact) mass is 466 g/mol. The Hall–Kier alpha value is 1.62. The van der Waals surface area contributed by atoms with Crippen LogP contribution in [0.5, 0.6) is 0 Å². The molecular formula is C10H16Br4N+. The largest absolute Gasteiger partial charge is 0.317 e. The van der Waals surface area contributed by atoms with Gasteiger partial charge in [0, 0.05) is 11.1 Å². The topological polar surface area (TPSA) is 0 Å². The maximum absolute atomic E-state index is 3.63. The number of nitrogens with zero attached hydrogens (tertiary/aromatic N) is 1. The van der Waals surface area contributed by atoms with Crippen LogP contribution in [0, 0.1) is 0 Å². The van der Waals surface area contributed by atoms with E-state index in [0.29, 0.717) is 7.47 Å². The Balaban J connectivity index is 2.93. The number of hydrogen-bond donors (Lipinski definition) is 0.